The molecule has 71 heavy (non-hydrogen) atoms. The summed E-state index contributed by atoms with van der Waals surface area (Å²) in [4.78, 5) is 103. The number of amides is 7. The molecule has 15 N–H and O–H groups in total. The van der Waals surface area contributed by atoms with E-state index in [1.165, 1.54) is 13.8 Å². The minimum absolute atomic E-state index is 0.0105. The molecular formula is C49H66N10O10S2. The Hall–Kier alpha value is -6.01. The maximum atomic E-state index is 14.8. The average molecular weight is 1020 g/mol. The Bertz CT molecular complexity index is 2660. The lowest BCUT2D eigenvalue weighted by molar-refractivity contribution is -0.136. The summed E-state index contributed by atoms with van der Waals surface area (Å²) >= 11 is 0. The van der Waals surface area contributed by atoms with Crippen LogP contribution in [0.5, 0.6) is 0 Å². The SMILES string of the molecule is [2H]c1c([2H])c([2H])c(C[C@@H](N)C(=O)N[C@@H]2CSSC[C@H](C(=O)NC(CO)[C@@H](C)O)NC(=O)C([C@@H](C)O)NC(=O)C(CCCCN)NC(=O)[C@@H](Cc3c[nH]c4ccccc34)NC(=O)[C@H](Cc3ccccc3)NC2=O)c([2H])c1[2H]. The van der Waals surface area contributed by atoms with Crippen molar-refractivity contribution in [1.82, 2.24) is 42.2 Å². The minimum atomic E-state index is -1.72. The van der Waals surface area contributed by atoms with E-state index >= 15 is 0 Å². The number of rotatable bonds is 17. The molecule has 1 fully saturated rings. The van der Waals surface area contributed by atoms with Gasteiger partial charge in [-0.15, -0.1) is 0 Å². The van der Waals surface area contributed by atoms with Gasteiger partial charge >= 0.3 is 0 Å². The van der Waals surface area contributed by atoms with E-state index in [1.54, 1.807) is 48.7 Å². The Labute approximate surface area is 427 Å². The molecule has 20 nitrogen and oxygen atoms in total. The molecule has 7 amide bonds. The number of unbranched alkanes of at least 4 members (excludes halogenated alkanes) is 1. The fourth-order valence-electron chi connectivity index (χ4n) is 7.46. The van der Waals surface area contributed by atoms with Crippen molar-refractivity contribution in [1.29, 1.82) is 0 Å². The maximum absolute atomic E-state index is 14.8. The number of nitrogens with two attached hydrogens (primary N) is 2. The molecule has 4 aromatic rings. The number of aromatic nitrogens is 1. The van der Waals surface area contributed by atoms with Crippen molar-refractivity contribution in [3.05, 3.63) is 108 Å². The molecule has 3 aromatic carbocycles. The van der Waals surface area contributed by atoms with Gasteiger partial charge in [-0.05, 0) is 68.8 Å². The second-order valence-electron chi connectivity index (χ2n) is 17.1. The number of aliphatic hydroxyl groups excluding tert-OH is 3. The van der Waals surface area contributed by atoms with Crippen LogP contribution in [0.25, 0.3) is 10.9 Å². The summed E-state index contributed by atoms with van der Waals surface area (Å²) in [5.74, 6) is -7.06. The van der Waals surface area contributed by atoms with Gasteiger partial charge in [0.1, 0.15) is 36.3 Å². The molecule has 1 saturated heterocycles. The third-order valence-corrected chi connectivity index (χ3v) is 14.0. The number of hydrogen-bond acceptors (Lipinski definition) is 14. The molecule has 1 aliphatic heterocycles. The zero-order valence-electron chi connectivity index (χ0n) is 44.3. The third kappa shape index (κ3) is 17.1. The van der Waals surface area contributed by atoms with Crippen LogP contribution in [0.2, 0.25) is 0 Å². The highest BCUT2D eigenvalue weighted by Gasteiger charge is 2.36. The summed E-state index contributed by atoms with van der Waals surface area (Å²) in [6.07, 6.45) is -1.27. The molecule has 1 aromatic heterocycles. The van der Waals surface area contributed by atoms with E-state index in [0.29, 0.717) is 24.0 Å². The predicted octanol–water partition coefficient (Wildman–Crippen LogP) is -0.805. The molecule has 5 rings (SSSR count). The first-order valence-corrected chi connectivity index (χ1v) is 25.6. The average Bonchev–Trinajstić information content (AvgIpc) is 3.81. The van der Waals surface area contributed by atoms with Crippen LogP contribution in [0.15, 0.2) is 91.0 Å². The maximum Gasteiger partial charge on any atom is 0.245 e. The van der Waals surface area contributed by atoms with Gasteiger partial charge in [0.25, 0.3) is 0 Å². The molecule has 0 bridgehead atoms. The Morgan fingerprint density at radius 1 is 0.775 bits per heavy atom. The molecule has 3 unspecified atom stereocenters. The van der Waals surface area contributed by atoms with E-state index in [9.17, 15) is 48.9 Å². The predicted molar refractivity (Wildman–Crippen MR) is 272 cm³/mol. The molecule has 384 valence electrons. The van der Waals surface area contributed by atoms with Crippen molar-refractivity contribution >= 4 is 73.8 Å². The van der Waals surface area contributed by atoms with E-state index in [-0.39, 0.29) is 42.9 Å². The summed E-state index contributed by atoms with van der Waals surface area (Å²) in [5, 5.41) is 50.0. The number of carbonyl (C=O) groups excluding carboxylic acids is 7. The molecule has 1 aliphatic rings. The molecule has 2 heterocycles. The number of aliphatic hydroxyl groups is 3. The van der Waals surface area contributed by atoms with Gasteiger partial charge < -0.3 is 69.0 Å². The number of para-hydroxylation sites is 1. The van der Waals surface area contributed by atoms with Crippen molar-refractivity contribution < 1.29 is 55.7 Å². The molecule has 0 radical (unpaired) electrons. The van der Waals surface area contributed by atoms with E-state index in [4.69, 9.17) is 18.3 Å². The Kier molecular flexibility index (Phi) is 19.3. The second-order valence-corrected chi connectivity index (χ2v) is 19.6. The Morgan fingerprint density at radius 3 is 2.08 bits per heavy atom. The minimum Gasteiger partial charge on any atom is -0.394 e. The first-order chi connectivity index (χ1) is 36.1. The molecule has 0 aliphatic carbocycles. The fourth-order valence-corrected chi connectivity index (χ4v) is 9.79. The zero-order chi connectivity index (χ0) is 55.8. The Balaban J connectivity index is 1.59. The van der Waals surface area contributed by atoms with Gasteiger partial charge in [0, 0.05) is 41.4 Å². The number of hydrogen-bond donors (Lipinski definition) is 13. The standard InChI is InChI=1S/C49H66N10O10S2/c1-28(61)39(25-60)56-48(68)41-27-71-70-26-40(57-43(63)34(51)21-30-13-5-3-6-14-30)47(67)54-37(22-31-15-7-4-8-16-31)45(65)55-38(23-32-24-52-35-18-10-9-17-33(32)35)46(66)53-36(19-11-12-20-50)44(64)59-42(29(2)62)49(69)58-41/h3-10,13-18,24,28-29,34,36-42,52,60-62H,11-12,19-23,25-27,50-51H2,1-2H3,(H,53,66)(H,54,67)(H,55,65)(H,56,68)(H,57,63)(H,58,69)(H,59,64)/t28-,29-,34-,36?,37+,38-,39?,40-,41-,42?/m1/s1/i3D,5D,6D,13D,14D. The molecule has 10 atom stereocenters. The van der Waals surface area contributed by atoms with Crippen LogP contribution in [0, 0.1) is 0 Å². The number of benzene rings is 3. The van der Waals surface area contributed by atoms with Gasteiger partial charge in [0.15, 0.2) is 0 Å². The third-order valence-electron chi connectivity index (χ3n) is 11.5. The zero-order valence-corrected chi connectivity index (χ0v) is 40.9. The van der Waals surface area contributed by atoms with Crippen LogP contribution in [0.1, 0.15) is 56.7 Å². The van der Waals surface area contributed by atoms with Crippen LogP contribution in [-0.4, -0.2) is 147 Å². The van der Waals surface area contributed by atoms with Gasteiger partial charge in [-0.25, -0.2) is 0 Å². The van der Waals surface area contributed by atoms with Gasteiger partial charge in [-0.1, -0.05) is 100 Å². The summed E-state index contributed by atoms with van der Waals surface area (Å²) < 4.78 is 40.8. The summed E-state index contributed by atoms with van der Waals surface area (Å²) in [7, 11) is 1.84. The molecule has 22 heteroatoms. The normalized spacial score (nSPS) is 23.8. The highest BCUT2D eigenvalue weighted by atomic mass is 33.1. The van der Waals surface area contributed by atoms with Crippen LogP contribution in [-0.2, 0) is 52.8 Å². The number of nitrogens with one attached hydrogen (secondary N) is 8. The van der Waals surface area contributed by atoms with E-state index in [2.05, 4.69) is 42.2 Å². The number of carbonyl (C=O) groups is 7. The lowest BCUT2D eigenvalue weighted by atomic mass is 10.0. The first kappa shape index (κ1) is 48.6. The lowest BCUT2D eigenvalue weighted by Gasteiger charge is -2.29. The number of fused-ring (bicyclic) bond motifs is 1. The summed E-state index contributed by atoms with van der Waals surface area (Å²) in [6, 6.07) is 0.888. The topological polar surface area (TPSA) is 332 Å². The number of aromatic amines is 1. The van der Waals surface area contributed by atoms with Gasteiger partial charge in [0.2, 0.25) is 41.4 Å². The molecule has 0 spiro atoms. The van der Waals surface area contributed by atoms with Crippen molar-refractivity contribution in [2.75, 3.05) is 24.7 Å². The largest absolute Gasteiger partial charge is 0.394 e. The van der Waals surface area contributed by atoms with Crippen LogP contribution in [0.4, 0.5) is 0 Å². The lowest BCUT2D eigenvalue weighted by Crippen LogP contribution is -2.62. The van der Waals surface area contributed by atoms with Crippen LogP contribution < -0.4 is 48.7 Å². The first-order valence-electron chi connectivity index (χ1n) is 25.6. The fraction of sp³-hybridized carbons (Fsp3) is 0.449. The highest BCUT2D eigenvalue weighted by molar-refractivity contribution is 8.76. The molecular weight excluding hydrogens is 953 g/mol. The number of H-pyrrole nitrogens is 1. The van der Waals surface area contributed by atoms with E-state index < -0.39 is 145 Å². The summed E-state index contributed by atoms with van der Waals surface area (Å²) in [6.45, 7) is 2.07. The smallest absolute Gasteiger partial charge is 0.245 e. The Morgan fingerprint density at radius 2 is 1.41 bits per heavy atom. The van der Waals surface area contributed by atoms with E-state index in [1.807, 2.05) is 12.1 Å². The van der Waals surface area contributed by atoms with Crippen molar-refractivity contribution in [3.8, 4) is 0 Å². The van der Waals surface area contributed by atoms with Gasteiger partial charge in [0.05, 0.1) is 37.8 Å². The monoisotopic (exact) mass is 1020 g/mol. The van der Waals surface area contributed by atoms with Crippen molar-refractivity contribution in [2.24, 2.45) is 11.5 Å². The van der Waals surface area contributed by atoms with Crippen LogP contribution in [0.3, 0.4) is 0 Å². The second kappa shape index (κ2) is 28.1. The molecule has 0 saturated carbocycles. The van der Waals surface area contributed by atoms with Crippen molar-refractivity contribution in [2.45, 2.75) is 113 Å². The highest BCUT2D eigenvalue weighted by Crippen LogP contribution is 2.24. The van der Waals surface area contributed by atoms with Gasteiger partial charge in [-0.2, -0.15) is 0 Å². The van der Waals surface area contributed by atoms with E-state index in [0.717, 1.165) is 32.5 Å². The quantitative estimate of drug-likeness (QED) is 0.0455. The summed E-state index contributed by atoms with van der Waals surface area (Å²) in [5.41, 5.74) is 13.7. The van der Waals surface area contributed by atoms with Gasteiger partial charge in [-0.3, -0.25) is 33.6 Å². The van der Waals surface area contributed by atoms with Crippen molar-refractivity contribution in [3.63, 3.8) is 0 Å². The van der Waals surface area contributed by atoms with Crippen LogP contribution >= 0.6 is 21.6 Å².